The Morgan fingerprint density at radius 3 is 2.34 bits per heavy atom. The van der Waals surface area contributed by atoms with Crippen LogP contribution in [0, 0.1) is 5.92 Å². The second-order valence-electron chi connectivity index (χ2n) is 18.8. The maximum absolute atomic E-state index is 13.5. The molecule has 2 unspecified atom stereocenters. The molecule has 0 bridgehead atoms. The Labute approximate surface area is 450 Å². The van der Waals surface area contributed by atoms with E-state index in [1.54, 1.807) is 0 Å². The Bertz CT molecular complexity index is 2450. The molecular formula is C48H69IN10O17. The first-order valence-corrected chi connectivity index (χ1v) is 26.4. The minimum atomic E-state index is -1.81. The average Bonchev–Trinajstić information content (AvgIpc) is 4.02. The van der Waals surface area contributed by atoms with Crippen molar-refractivity contribution in [1.82, 2.24) is 40.8 Å². The van der Waals surface area contributed by atoms with Crippen LogP contribution >= 0.6 is 22.6 Å². The summed E-state index contributed by atoms with van der Waals surface area (Å²) in [5.74, 6) is -3.07. The van der Waals surface area contributed by atoms with Gasteiger partial charge in [-0.1, -0.05) is 81.0 Å². The van der Waals surface area contributed by atoms with E-state index in [1.165, 1.54) is 43.7 Å². The number of alkyl halides is 1. The van der Waals surface area contributed by atoms with Gasteiger partial charge < -0.3 is 86.3 Å². The van der Waals surface area contributed by atoms with Gasteiger partial charge in [0.25, 0.3) is 0 Å². The standard InChI is InChI=1S/C48H69IN10O17/c1-3-5-6-7-8-9-14-48(49,4-2)26-18-34(65)59(45(26)71)16-13-31(62)50-15-12-32(63)56-27-17-25(10-11-28(27)75-46-41(70)39(68)37(66)30(21-61)76-46)22-73-47(72)51-19-33(64)57-35-29(20-60)74-44(40(69)38(35)67)58-43-36-42(53-23-52-36)54-24-55-43/h10-11,17,23-24,26,29-30,35,37-41,44,46,60-61,66-70H,3-9,12-16,18-22H2,1-2H3,(H,50,62)(H,51,72)(H,56,63)(H,57,64)(H2,52,53,54,55,58)/t26?,29-,30+,35-,37+,38+,39-,40-,41-,44-,46-,48?/m0/s1. The van der Waals surface area contributed by atoms with Crippen LogP contribution < -0.4 is 31.3 Å². The summed E-state index contributed by atoms with van der Waals surface area (Å²) in [4.78, 5) is 94.6. The first-order valence-electron chi connectivity index (χ1n) is 25.3. The first kappa shape index (κ1) is 59.8. The number of nitrogens with zero attached hydrogens (tertiary/aromatic N) is 4. The number of imide groups is 1. The number of aromatic nitrogens is 4. The largest absolute Gasteiger partial charge is 0.460 e. The Morgan fingerprint density at radius 2 is 1.61 bits per heavy atom. The molecule has 12 atom stereocenters. The molecule has 76 heavy (non-hydrogen) atoms. The summed E-state index contributed by atoms with van der Waals surface area (Å²) in [6.45, 7) is 1.33. The van der Waals surface area contributed by atoms with Gasteiger partial charge in [-0.25, -0.2) is 19.7 Å². The molecule has 1 aromatic carbocycles. The Balaban J connectivity index is 0.997. The zero-order chi connectivity index (χ0) is 55.1. The number of carbonyl (C=O) groups excluding carboxylic acids is 6. The molecule has 3 fully saturated rings. The van der Waals surface area contributed by atoms with Crippen molar-refractivity contribution in [2.75, 3.05) is 43.5 Å². The van der Waals surface area contributed by atoms with E-state index in [1.807, 2.05) is 6.92 Å². The van der Waals surface area contributed by atoms with E-state index in [-0.39, 0.29) is 70.4 Å². The monoisotopic (exact) mass is 1180 g/mol. The molecule has 27 nitrogen and oxygen atoms in total. The highest BCUT2D eigenvalue weighted by atomic mass is 127. The molecule has 0 saturated carbocycles. The van der Waals surface area contributed by atoms with Crippen molar-refractivity contribution in [3.63, 3.8) is 0 Å². The molecular weight excluding hydrogens is 1120 g/mol. The molecule has 3 aromatic rings. The maximum atomic E-state index is 13.5. The summed E-state index contributed by atoms with van der Waals surface area (Å²) in [6, 6.07) is 2.71. The highest BCUT2D eigenvalue weighted by Crippen LogP contribution is 2.43. The second-order valence-corrected chi connectivity index (χ2v) is 21.0. The van der Waals surface area contributed by atoms with Crippen molar-refractivity contribution >= 4 is 80.9 Å². The number of unbranched alkanes of at least 4 members (excludes halogenated alkanes) is 5. The highest BCUT2D eigenvalue weighted by molar-refractivity contribution is 14.1. The summed E-state index contributed by atoms with van der Waals surface area (Å²) < 4.78 is 21.9. The number of halogens is 1. The van der Waals surface area contributed by atoms with Crippen LogP contribution in [0.3, 0.4) is 0 Å². The zero-order valence-corrected chi connectivity index (χ0v) is 44.3. The number of hydrogen-bond donors (Lipinski definition) is 13. The van der Waals surface area contributed by atoms with E-state index in [2.05, 4.69) is 76.0 Å². The van der Waals surface area contributed by atoms with Crippen molar-refractivity contribution in [3.8, 4) is 5.75 Å². The van der Waals surface area contributed by atoms with Crippen LogP contribution in [0.4, 0.5) is 16.3 Å². The number of aliphatic hydroxyl groups is 7. The Morgan fingerprint density at radius 1 is 0.855 bits per heavy atom. The molecule has 3 aliphatic rings. The first-order chi connectivity index (χ1) is 36.4. The number of ether oxygens (including phenoxy) is 4. The number of rotatable bonds is 27. The third-order valence-corrected chi connectivity index (χ3v) is 15.6. The van der Waals surface area contributed by atoms with Gasteiger partial charge in [0.05, 0.1) is 37.2 Å². The van der Waals surface area contributed by atoms with Crippen LogP contribution in [-0.2, 0) is 44.8 Å². The minimum Gasteiger partial charge on any atom is -0.460 e. The third kappa shape index (κ3) is 15.4. The average molecular weight is 1190 g/mol. The number of imidazole rings is 1. The van der Waals surface area contributed by atoms with Crippen molar-refractivity contribution in [3.05, 3.63) is 36.4 Å². The topological polar surface area (TPSA) is 399 Å². The smallest absolute Gasteiger partial charge is 0.407 e. The summed E-state index contributed by atoms with van der Waals surface area (Å²) in [6.07, 6.45) is -4.77. The number of anilines is 2. The number of aromatic amines is 1. The van der Waals surface area contributed by atoms with Crippen molar-refractivity contribution in [2.24, 2.45) is 5.92 Å². The number of nitrogens with one attached hydrogen (secondary N) is 6. The summed E-state index contributed by atoms with van der Waals surface area (Å²) in [7, 11) is 0. The Kier molecular flexibility index (Phi) is 22.2. The maximum Gasteiger partial charge on any atom is 0.407 e. The normalized spacial score (nSPS) is 26.4. The molecule has 28 heteroatoms. The quantitative estimate of drug-likeness (QED) is 0.0195. The SMILES string of the molecule is CCCCCCCCC(I)(CC)C1CC(=O)N(CCC(=O)NCCC(=O)Nc2cc(COC(=O)NCC(=O)N[C@@H]3[C@@H](O)[C@H](O)[C@@H](Nc4ncnc5nc[nH]c45)O[C@H]3CO)ccc2O[C@H]2O[C@H](CO)[C@@H](O)[C@H](O)[C@@H]2O)C1=O. The number of aliphatic hydroxyl groups excluding tert-OH is 7. The van der Waals surface area contributed by atoms with Gasteiger partial charge in [0.2, 0.25) is 35.8 Å². The fourth-order valence-electron chi connectivity index (χ4n) is 9.12. The summed E-state index contributed by atoms with van der Waals surface area (Å²) >= 11 is 2.33. The van der Waals surface area contributed by atoms with Gasteiger partial charge >= 0.3 is 6.09 Å². The number of likely N-dealkylation sites (tertiary alicyclic amines) is 1. The Hall–Kier alpha value is -5.44. The molecule has 5 heterocycles. The van der Waals surface area contributed by atoms with E-state index >= 15 is 0 Å². The van der Waals surface area contributed by atoms with Gasteiger partial charge in [-0.05, 0) is 30.5 Å². The van der Waals surface area contributed by atoms with Crippen LogP contribution in [0.25, 0.3) is 11.2 Å². The van der Waals surface area contributed by atoms with Gasteiger partial charge in [0, 0.05) is 35.8 Å². The third-order valence-electron chi connectivity index (χ3n) is 13.6. The molecule has 6 amide bonds. The fourth-order valence-corrected chi connectivity index (χ4v) is 9.99. The van der Waals surface area contributed by atoms with E-state index in [0.717, 1.165) is 43.4 Å². The van der Waals surface area contributed by atoms with E-state index in [4.69, 9.17) is 18.9 Å². The number of hydrogen-bond acceptors (Lipinski definition) is 21. The van der Waals surface area contributed by atoms with E-state index < -0.39 is 117 Å². The summed E-state index contributed by atoms with van der Waals surface area (Å²) in [5.41, 5.74) is 0.880. The molecule has 420 valence electrons. The molecule has 0 aliphatic carbocycles. The predicted octanol–water partition coefficient (Wildman–Crippen LogP) is -0.662. The minimum absolute atomic E-state index is 0.0670. The zero-order valence-electron chi connectivity index (χ0n) is 42.1. The second kappa shape index (κ2) is 28.3. The lowest BCUT2D eigenvalue weighted by molar-refractivity contribution is -0.277. The molecule has 3 aliphatic heterocycles. The van der Waals surface area contributed by atoms with Gasteiger partial charge in [0.15, 0.2) is 17.7 Å². The van der Waals surface area contributed by atoms with Crippen molar-refractivity contribution in [2.45, 2.75) is 156 Å². The molecule has 2 aromatic heterocycles. The fraction of sp³-hybridized carbons (Fsp3) is 0.646. The van der Waals surface area contributed by atoms with Crippen LogP contribution in [-0.4, -0.2) is 194 Å². The van der Waals surface area contributed by atoms with Gasteiger partial charge in [-0.15, -0.1) is 0 Å². The van der Waals surface area contributed by atoms with Gasteiger partial charge in [0.1, 0.15) is 73.5 Å². The molecule has 6 rings (SSSR count). The molecule has 13 N–H and O–H groups in total. The molecule has 0 radical (unpaired) electrons. The van der Waals surface area contributed by atoms with Crippen LogP contribution in [0.1, 0.15) is 90.0 Å². The lowest BCUT2D eigenvalue weighted by Gasteiger charge is -2.42. The molecule has 0 spiro atoms. The van der Waals surface area contributed by atoms with Crippen LogP contribution in [0.15, 0.2) is 30.9 Å². The van der Waals surface area contributed by atoms with E-state index in [0.29, 0.717) is 11.2 Å². The summed E-state index contributed by atoms with van der Waals surface area (Å²) in [5, 5.41) is 85.6. The van der Waals surface area contributed by atoms with Crippen LogP contribution in [0.5, 0.6) is 5.75 Å². The lowest BCUT2D eigenvalue weighted by atomic mass is 9.84. The number of benzene rings is 1. The van der Waals surface area contributed by atoms with Gasteiger partial charge in [-0.3, -0.25) is 28.9 Å². The number of amides is 6. The predicted molar refractivity (Wildman–Crippen MR) is 275 cm³/mol. The van der Waals surface area contributed by atoms with Crippen molar-refractivity contribution in [1.29, 1.82) is 0 Å². The molecule has 3 saturated heterocycles. The van der Waals surface area contributed by atoms with Crippen molar-refractivity contribution < 1.29 is 83.5 Å². The highest BCUT2D eigenvalue weighted by Gasteiger charge is 2.49. The van der Waals surface area contributed by atoms with Gasteiger partial charge in [-0.2, -0.15) is 0 Å². The number of H-pyrrole nitrogens is 1. The van der Waals surface area contributed by atoms with E-state index in [9.17, 15) is 64.5 Å². The number of fused-ring (bicyclic) bond motifs is 1. The number of carbonyl (C=O) groups is 6. The van der Waals surface area contributed by atoms with Crippen LogP contribution in [0.2, 0.25) is 0 Å². The number of alkyl carbamates (subject to hydrolysis) is 1. The lowest BCUT2D eigenvalue weighted by Crippen LogP contribution is -2.66.